The maximum atomic E-state index is 9.47. The van der Waals surface area contributed by atoms with Gasteiger partial charge < -0.3 is 5.11 Å². The molecule has 0 amide bonds. The molecule has 1 N–H and O–H groups in total. The molecule has 3 rings (SSSR count). The lowest BCUT2D eigenvalue weighted by atomic mass is 9.91. The van der Waals surface area contributed by atoms with Crippen LogP contribution in [0, 0.1) is 28.6 Å². The van der Waals surface area contributed by atoms with E-state index >= 15 is 0 Å². The van der Waals surface area contributed by atoms with Gasteiger partial charge in [0.2, 0.25) is 0 Å². The van der Waals surface area contributed by atoms with Crippen LogP contribution in [0.25, 0.3) is 0 Å². The van der Waals surface area contributed by atoms with Crippen molar-refractivity contribution >= 4 is 11.4 Å². The van der Waals surface area contributed by atoms with Crippen LogP contribution in [0.3, 0.4) is 0 Å². The summed E-state index contributed by atoms with van der Waals surface area (Å²) in [7, 11) is 0. The highest BCUT2D eigenvalue weighted by Gasteiger charge is 2.35. The van der Waals surface area contributed by atoms with Gasteiger partial charge in [0.15, 0.2) is 0 Å². The van der Waals surface area contributed by atoms with Crippen molar-refractivity contribution in [2.75, 3.05) is 5.01 Å². The second-order valence-electron chi connectivity index (χ2n) is 5.75. The van der Waals surface area contributed by atoms with Crippen molar-refractivity contribution in [2.45, 2.75) is 19.4 Å². The minimum atomic E-state index is -0.0646. The lowest BCUT2D eigenvalue weighted by Gasteiger charge is -2.24. The van der Waals surface area contributed by atoms with Gasteiger partial charge in [-0.2, -0.15) is 15.6 Å². The van der Waals surface area contributed by atoms with Crippen LogP contribution < -0.4 is 5.01 Å². The largest absolute Gasteiger partial charge is 0.508 e. The van der Waals surface area contributed by atoms with E-state index in [2.05, 4.69) is 19.1 Å². The van der Waals surface area contributed by atoms with Crippen LogP contribution in [-0.2, 0) is 0 Å². The minimum Gasteiger partial charge on any atom is -0.508 e. The molecule has 5 heteroatoms. The van der Waals surface area contributed by atoms with Gasteiger partial charge in [0.1, 0.15) is 5.75 Å². The summed E-state index contributed by atoms with van der Waals surface area (Å²) >= 11 is 0. The number of nitrogens with zero attached hydrogens (tertiary/aromatic N) is 4. The van der Waals surface area contributed by atoms with E-state index in [0.29, 0.717) is 12.0 Å². The van der Waals surface area contributed by atoms with E-state index in [0.717, 1.165) is 17.0 Å². The van der Waals surface area contributed by atoms with Gasteiger partial charge in [-0.15, -0.1) is 0 Å². The molecule has 0 aliphatic carbocycles. The lowest BCUT2D eigenvalue weighted by molar-refractivity contribution is 0.475. The van der Waals surface area contributed by atoms with E-state index in [1.165, 1.54) is 0 Å². The van der Waals surface area contributed by atoms with Crippen molar-refractivity contribution in [1.82, 2.24) is 0 Å². The summed E-state index contributed by atoms with van der Waals surface area (Å²) in [5.74, 6) is 0.269. The second kappa shape index (κ2) is 6.44. The van der Waals surface area contributed by atoms with Crippen LogP contribution in [0.5, 0.6) is 5.75 Å². The average molecular weight is 316 g/mol. The number of benzene rings is 2. The Morgan fingerprint density at radius 1 is 1.08 bits per heavy atom. The third-order valence-electron chi connectivity index (χ3n) is 4.26. The molecule has 0 saturated carbocycles. The van der Waals surface area contributed by atoms with Crippen molar-refractivity contribution in [3.05, 3.63) is 59.7 Å². The Morgan fingerprint density at radius 3 is 2.33 bits per heavy atom. The summed E-state index contributed by atoms with van der Waals surface area (Å²) in [4.78, 5) is 0. The molecule has 2 atom stereocenters. The zero-order valence-corrected chi connectivity index (χ0v) is 13.2. The van der Waals surface area contributed by atoms with Crippen molar-refractivity contribution in [1.29, 1.82) is 10.5 Å². The van der Waals surface area contributed by atoms with E-state index < -0.39 is 0 Å². The first kappa shape index (κ1) is 15.6. The van der Waals surface area contributed by atoms with Crippen LogP contribution in [-0.4, -0.2) is 16.9 Å². The van der Waals surface area contributed by atoms with Crippen molar-refractivity contribution in [3.8, 4) is 17.9 Å². The summed E-state index contributed by atoms with van der Waals surface area (Å²) in [6.45, 7) is 2.06. The third-order valence-corrected chi connectivity index (χ3v) is 4.26. The van der Waals surface area contributed by atoms with E-state index in [1.54, 1.807) is 36.4 Å². The second-order valence-corrected chi connectivity index (χ2v) is 5.75. The van der Waals surface area contributed by atoms with Gasteiger partial charge in [-0.25, -0.2) is 0 Å². The predicted molar refractivity (Wildman–Crippen MR) is 91.5 cm³/mol. The summed E-state index contributed by atoms with van der Waals surface area (Å²) < 4.78 is 0. The Hall–Kier alpha value is -3.31. The highest BCUT2D eigenvalue weighted by Crippen LogP contribution is 2.33. The maximum absolute atomic E-state index is 9.47. The van der Waals surface area contributed by atoms with Crippen LogP contribution in [0.15, 0.2) is 53.6 Å². The molecule has 2 aromatic rings. The quantitative estimate of drug-likeness (QED) is 0.940. The molecular weight excluding hydrogens is 300 g/mol. The molecule has 1 aliphatic rings. The topological polar surface area (TPSA) is 83.4 Å². The fourth-order valence-electron chi connectivity index (χ4n) is 2.92. The molecule has 5 nitrogen and oxygen atoms in total. The number of phenolic OH excluding ortho intramolecular Hbond substituents is 1. The van der Waals surface area contributed by atoms with Crippen LogP contribution >= 0.6 is 0 Å². The normalized spacial score (nSPS) is 19.5. The molecule has 118 valence electrons. The van der Waals surface area contributed by atoms with E-state index in [-0.39, 0.29) is 17.7 Å². The Kier molecular flexibility index (Phi) is 4.18. The molecule has 0 saturated heterocycles. The van der Waals surface area contributed by atoms with Crippen LogP contribution in [0.2, 0.25) is 0 Å². The van der Waals surface area contributed by atoms with Gasteiger partial charge in [-0.3, -0.25) is 5.01 Å². The molecule has 1 aliphatic heterocycles. The number of phenols is 1. The molecule has 24 heavy (non-hydrogen) atoms. The summed E-state index contributed by atoms with van der Waals surface area (Å²) in [6, 6.07) is 18.4. The predicted octanol–water partition coefficient (Wildman–Crippen LogP) is 3.41. The highest BCUT2D eigenvalue weighted by molar-refractivity contribution is 6.04. The SMILES string of the molecule is CC1C(c2ccc(C#N)cc2)=NN(c2ccc(O)cc2)C1CC#N. The van der Waals surface area contributed by atoms with Gasteiger partial charge in [0, 0.05) is 5.92 Å². The summed E-state index contributed by atoms with van der Waals surface area (Å²) in [5, 5.41) is 34.1. The zero-order valence-electron chi connectivity index (χ0n) is 13.2. The summed E-state index contributed by atoms with van der Waals surface area (Å²) in [6.07, 6.45) is 0.353. The van der Waals surface area contributed by atoms with Gasteiger partial charge >= 0.3 is 0 Å². The van der Waals surface area contributed by atoms with E-state index in [1.807, 2.05) is 17.1 Å². The Morgan fingerprint density at radius 2 is 1.75 bits per heavy atom. The number of rotatable bonds is 3. The number of aromatic hydroxyl groups is 1. The maximum Gasteiger partial charge on any atom is 0.115 e. The molecular formula is C19H16N4O. The number of hydrazone groups is 1. The molecule has 0 bridgehead atoms. The van der Waals surface area contributed by atoms with E-state index in [4.69, 9.17) is 10.4 Å². The highest BCUT2D eigenvalue weighted by atomic mass is 16.3. The minimum absolute atomic E-state index is 0.0646. The fraction of sp³-hybridized carbons (Fsp3) is 0.211. The Labute approximate surface area is 140 Å². The molecule has 0 fully saturated rings. The monoisotopic (exact) mass is 316 g/mol. The number of hydrogen-bond donors (Lipinski definition) is 1. The molecule has 0 spiro atoms. The lowest BCUT2D eigenvalue weighted by Crippen LogP contribution is -2.31. The van der Waals surface area contributed by atoms with Gasteiger partial charge in [-0.05, 0) is 42.0 Å². The van der Waals surface area contributed by atoms with Crippen LogP contribution in [0.4, 0.5) is 5.69 Å². The smallest absolute Gasteiger partial charge is 0.115 e. The number of hydrogen-bond acceptors (Lipinski definition) is 5. The summed E-state index contributed by atoms with van der Waals surface area (Å²) in [5.41, 5.74) is 3.29. The first-order valence-corrected chi connectivity index (χ1v) is 7.68. The molecule has 0 radical (unpaired) electrons. The van der Waals surface area contributed by atoms with Gasteiger partial charge in [0.05, 0.1) is 41.6 Å². The molecule has 1 heterocycles. The molecule has 2 aromatic carbocycles. The van der Waals surface area contributed by atoms with Crippen LogP contribution in [0.1, 0.15) is 24.5 Å². The first-order chi connectivity index (χ1) is 11.6. The zero-order chi connectivity index (χ0) is 17.1. The molecule has 0 aromatic heterocycles. The average Bonchev–Trinajstić information content (AvgIpc) is 2.93. The first-order valence-electron chi connectivity index (χ1n) is 7.68. The Balaban J connectivity index is 1.99. The van der Waals surface area contributed by atoms with Crippen molar-refractivity contribution in [2.24, 2.45) is 11.0 Å². The standard InChI is InChI=1S/C19H16N4O/c1-13-18(10-11-20)23(16-6-8-17(24)9-7-16)22-19(13)15-4-2-14(12-21)3-5-15/h2-9,13,18,24H,10H2,1H3. The van der Waals surface area contributed by atoms with Gasteiger partial charge in [-0.1, -0.05) is 19.1 Å². The number of anilines is 1. The third kappa shape index (κ3) is 2.80. The van der Waals surface area contributed by atoms with Crippen molar-refractivity contribution < 1.29 is 5.11 Å². The number of nitriles is 2. The Bertz CT molecular complexity index is 841. The van der Waals surface area contributed by atoms with Crippen molar-refractivity contribution in [3.63, 3.8) is 0 Å². The molecule has 2 unspecified atom stereocenters. The van der Waals surface area contributed by atoms with Gasteiger partial charge in [0.25, 0.3) is 0 Å². The van der Waals surface area contributed by atoms with E-state index in [9.17, 15) is 10.4 Å². The fourth-order valence-corrected chi connectivity index (χ4v) is 2.92.